The summed E-state index contributed by atoms with van der Waals surface area (Å²) >= 11 is 0. The van der Waals surface area contributed by atoms with Crippen LogP contribution in [0.2, 0.25) is 0 Å². The molecule has 2 unspecified atom stereocenters. The zero-order chi connectivity index (χ0) is 28.4. The molecule has 4 aliphatic rings. The molecular weight excluding hydrogens is 533 g/mol. The Labute approximate surface area is 244 Å². The van der Waals surface area contributed by atoms with Gasteiger partial charge in [-0.1, -0.05) is 13.0 Å². The number of imidazole rings is 1. The third-order valence-corrected chi connectivity index (χ3v) is 10.1. The van der Waals surface area contributed by atoms with E-state index in [1.54, 1.807) is 24.5 Å². The first-order chi connectivity index (χ1) is 20.5. The number of aromatic nitrogens is 4. The molecule has 4 aliphatic heterocycles. The molecule has 2 N–H and O–H groups in total. The molecule has 2 aromatic carbocycles. The van der Waals surface area contributed by atoms with Gasteiger partial charge in [0.05, 0.1) is 18.4 Å². The first kappa shape index (κ1) is 26.2. The fourth-order valence-corrected chi connectivity index (χ4v) is 8.13. The Balaban J connectivity index is 1.21. The van der Waals surface area contributed by atoms with Gasteiger partial charge in [-0.3, -0.25) is 4.90 Å². The normalized spacial score (nSPS) is 23.3. The largest absolute Gasteiger partial charge is 0.508 e. The maximum Gasteiger partial charge on any atom is 0.247 e. The minimum Gasteiger partial charge on any atom is -0.508 e. The predicted molar refractivity (Wildman–Crippen MR) is 160 cm³/mol. The van der Waals surface area contributed by atoms with E-state index in [0.29, 0.717) is 60.2 Å². The van der Waals surface area contributed by atoms with Gasteiger partial charge in [0.2, 0.25) is 11.8 Å². The van der Waals surface area contributed by atoms with E-state index in [0.717, 1.165) is 55.4 Å². The van der Waals surface area contributed by atoms with Gasteiger partial charge < -0.3 is 24.6 Å². The Hall–Kier alpha value is -3.50. The summed E-state index contributed by atoms with van der Waals surface area (Å²) in [4.78, 5) is 19.7. The molecule has 0 spiro atoms. The van der Waals surface area contributed by atoms with Crippen LogP contribution < -0.4 is 15.0 Å². The molecule has 2 bridgehead atoms. The second kappa shape index (κ2) is 10.1. The number of ether oxygens (including phenoxy) is 1. The number of hydrogen-bond donors (Lipinski definition) is 2. The third kappa shape index (κ3) is 4.29. The Morgan fingerprint density at radius 1 is 1.10 bits per heavy atom. The van der Waals surface area contributed by atoms with Crippen molar-refractivity contribution in [1.82, 2.24) is 29.7 Å². The number of fused-ring (bicyclic) bond motifs is 5. The average molecular weight is 572 g/mol. The van der Waals surface area contributed by atoms with Crippen molar-refractivity contribution < 1.29 is 14.2 Å². The lowest BCUT2D eigenvalue weighted by Gasteiger charge is -2.33. The molecule has 0 saturated carbocycles. The number of nitrogens with zero attached hydrogens (tertiary/aromatic N) is 6. The van der Waals surface area contributed by atoms with Crippen LogP contribution >= 0.6 is 0 Å². The van der Waals surface area contributed by atoms with Crippen LogP contribution in [0.1, 0.15) is 56.6 Å². The quantitative estimate of drug-likeness (QED) is 0.338. The van der Waals surface area contributed by atoms with Crippen LogP contribution in [0.5, 0.6) is 11.6 Å². The van der Waals surface area contributed by atoms with Gasteiger partial charge in [-0.25, -0.2) is 9.37 Å². The van der Waals surface area contributed by atoms with E-state index in [4.69, 9.17) is 19.7 Å². The minimum absolute atomic E-state index is 0.0925. The van der Waals surface area contributed by atoms with Crippen LogP contribution in [-0.2, 0) is 13.0 Å². The highest BCUT2D eigenvalue weighted by molar-refractivity contribution is 5.90. The van der Waals surface area contributed by atoms with E-state index in [1.807, 2.05) is 11.5 Å². The molecule has 9 nitrogen and oxygen atoms in total. The van der Waals surface area contributed by atoms with E-state index in [2.05, 4.69) is 15.1 Å². The van der Waals surface area contributed by atoms with E-state index in [1.165, 1.54) is 31.7 Å². The van der Waals surface area contributed by atoms with Gasteiger partial charge >= 0.3 is 0 Å². The van der Waals surface area contributed by atoms with Crippen LogP contribution in [0.4, 0.5) is 10.3 Å². The molecule has 220 valence electrons. The highest BCUT2D eigenvalue weighted by Crippen LogP contribution is 2.40. The number of benzene rings is 2. The topological polar surface area (TPSA) is 91.6 Å². The summed E-state index contributed by atoms with van der Waals surface area (Å²) < 4.78 is 23.5. The number of hydrogen-bond acceptors (Lipinski definition) is 8. The van der Waals surface area contributed by atoms with Crippen LogP contribution in [0.25, 0.3) is 21.9 Å². The number of aryl methyl sites for hydroxylation is 1. The van der Waals surface area contributed by atoms with E-state index in [9.17, 15) is 9.50 Å². The summed E-state index contributed by atoms with van der Waals surface area (Å²) in [6.07, 6.45) is 9.41. The first-order valence-corrected chi connectivity index (χ1v) is 15.5. The molecule has 0 aliphatic carbocycles. The zero-order valence-electron chi connectivity index (χ0n) is 24.2. The van der Waals surface area contributed by atoms with Crippen molar-refractivity contribution in [2.24, 2.45) is 0 Å². The summed E-state index contributed by atoms with van der Waals surface area (Å²) in [7, 11) is 0. The van der Waals surface area contributed by atoms with Gasteiger partial charge in [-0.2, -0.15) is 9.97 Å². The van der Waals surface area contributed by atoms with Crippen LogP contribution in [0.3, 0.4) is 0 Å². The minimum atomic E-state index is -0.228. The second-order valence-electron chi connectivity index (χ2n) is 12.7. The Morgan fingerprint density at radius 3 is 2.64 bits per heavy atom. The number of phenols is 1. The fourth-order valence-electron chi connectivity index (χ4n) is 8.13. The van der Waals surface area contributed by atoms with Crippen molar-refractivity contribution in [1.29, 1.82) is 0 Å². The van der Waals surface area contributed by atoms with Crippen LogP contribution in [0.15, 0.2) is 30.6 Å². The standard InChI is InChI=1S/C32H38FN7O2/c1-2-25-26(33)8-5-20-13-24(41)14-21(27(20)25)15-39-19-34-28-29(39)36-31(38-16-22-6-7-23(17-38)35-22)37-30(28)42-18-32-9-3-11-40(32)12-4-10-32/h5,8,13-14,19,22-23,35,41H,2-4,6-7,9-12,15-18H2,1H3. The fraction of sp³-hybridized carbons (Fsp3) is 0.531. The molecule has 4 aromatic rings. The molecule has 8 rings (SSSR count). The molecule has 4 fully saturated rings. The molecule has 0 amide bonds. The summed E-state index contributed by atoms with van der Waals surface area (Å²) in [5, 5.41) is 15.9. The monoisotopic (exact) mass is 571 g/mol. The molecule has 2 atom stereocenters. The number of piperazine rings is 1. The number of anilines is 1. The molecule has 2 aromatic heterocycles. The Bertz CT molecular complexity index is 1650. The van der Waals surface area contributed by atoms with Crippen molar-refractivity contribution >= 4 is 27.9 Å². The van der Waals surface area contributed by atoms with Crippen LogP contribution in [0, 0.1) is 5.82 Å². The SMILES string of the molecule is CCc1c(F)ccc2cc(O)cc(Cn3cnc4c(OCC56CCCN5CCC6)nc(N5CC6CCC(C5)N6)nc43)c12. The third-order valence-electron chi connectivity index (χ3n) is 10.1. The number of rotatable bonds is 7. The van der Waals surface area contributed by atoms with Crippen molar-refractivity contribution in [3.8, 4) is 11.6 Å². The van der Waals surface area contributed by atoms with Gasteiger partial charge in [0.1, 0.15) is 18.2 Å². The average Bonchev–Trinajstić information content (AvgIpc) is 3.75. The van der Waals surface area contributed by atoms with E-state index in [-0.39, 0.29) is 17.1 Å². The predicted octanol–water partition coefficient (Wildman–Crippen LogP) is 4.38. The van der Waals surface area contributed by atoms with Crippen molar-refractivity contribution in [3.63, 3.8) is 0 Å². The summed E-state index contributed by atoms with van der Waals surface area (Å²) in [6.45, 7) is 6.97. The maximum atomic E-state index is 14.9. The van der Waals surface area contributed by atoms with E-state index < -0.39 is 0 Å². The highest BCUT2D eigenvalue weighted by atomic mass is 19.1. The lowest BCUT2D eigenvalue weighted by atomic mass is 9.95. The molecule has 42 heavy (non-hydrogen) atoms. The van der Waals surface area contributed by atoms with Gasteiger partial charge in [-0.15, -0.1) is 0 Å². The van der Waals surface area contributed by atoms with Gasteiger partial charge in [0.15, 0.2) is 11.2 Å². The van der Waals surface area contributed by atoms with Crippen molar-refractivity contribution in [3.05, 3.63) is 47.5 Å². The Kier molecular flexibility index (Phi) is 6.26. The number of nitrogens with one attached hydrogen (secondary N) is 1. The highest BCUT2D eigenvalue weighted by Gasteiger charge is 2.45. The smallest absolute Gasteiger partial charge is 0.247 e. The zero-order valence-corrected chi connectivity index (χ0v) is 24.2. The van der Waals surface area contributed by atoms with Crippen molar-refractivity contribution in [2.45, 2.75) is 76.0 Å². The van der Waals surface area contributed by atoms with Gasteiger partial charge in [-0.05, 0) is 98.1 Å². The number of phenolic OH excluding ortho intramolecular Hbond substituents is 1. The van der Waals surface area contributed by atoms with Gasteiger partial charge in [0, 0.05) is 25.2 Å². The van der Waals surface area contributed by atoms with Crippen molar-refractivity contribution in [2.75, 3.05) is 37.7 Å². The van der Waals surface area contributed by atoms with Crippen LogP contribution in [-0.4, -0.2) is 79.9 Å². The second-order valence-corrected chi connectivity index (χ2v) is 12.7. The Morgan fingerprint density at radius 2 is 1.88 bits per heavy atom. The summed E-state index contributed by atoms with van der Waals surface area (Å²) in [6, 6.07) is 7.54. The summed E-state index contributed by atoms with van der Waals surface area (Å²) in [5.41, 5.74) is 2.91. The molecule has 6 heterocycles. The maximum absolute atomic E-state index is 14.9. The summed E-state index contributed by atoms with van der Waals surface area (Å²) in [5.74, 6) is 1.14. The number of aromatic hydroxyl groups is 1. The van der Waals surface area contributed by atoms with Gasteiger partial charge in [0.25, 0.3) is 0 Å². The lowest BCUT2D eigenvalue weighted by molar-refractivity contribution is 0.111. The first-order valence-electron chi connectivity index (χ1n) is 15.5. The lowest BCUT2D eigenvalue weighted by Crippen LogP contribution is -2.51. The molecule has 10 heteroatoms. The van der Waals surface area contributed by atoms with E-state index >= 15 is 0 Å². The molecule has 4 saturated heterocycles. The molecule has 0 radical (unpaired) electrons. The number of halogens is 1. The molecular formula is C32H38FN7O2.